The summed E-state index contributed by atoms with van der Waals surface area (Å²) in [6, 6.07) is 1.37. The lowest BCUT2D eigenvalue weighted by atomic mass is 10.4. The van der Waals surface area contributed by atoms with Crippen LogP contribution in [0, 0.1) is 11.3 Å². The molecular weight excluding hydrogens is 226 g/mol. The van der Waals surface area contributed by atoms with E-state index in [0.29, 0.717) is 13.2 Å². The van der Waals surface area contributed by atoms with Gasteiger partial charge in [-0.25, -0.2) is 9.59 Å². The minimum atomic E-state index is -1.26. The van der Waals surface area contributed by atoms with Crippen LogP contribution in [0.1, 0.15) is 26.7 Å². The summed E-state index contributed by atoms with van der Waals surface area (Å²) in [6.45, 7) is 7.68. The van der Waals surface area contributed by atoms with E-state index in [1.165, 1.54) is 6.07 Å². The van der Waals surface area contributed by atoms with Crippen LogP contribution in [0.2, 0.25) is 0 Å². The second kappa shape index (κ2) is 12.0. The van der Waals surface area contributed by atoms with E-state index in [1.54, 1.807) is 0 Å². The number of aliphatic carboxylic acids is 1. The van der Waals surface area contributed by atoms with Gasteiger partial charge < -0.3 is 14.6 Å². The van der Waals surface area contributed by atoms with Gasteiger partial charge in [0.1, 0.15) is 11.6 Å². The van der Waals surface area contributed by atoms with E-state index in [9.17, 15) is 9.59 Å². The minimum absolute atomic E-state index is 0.431. The summed E-state index contributed by atoms with van der Waals surface area (Å²) < 4.78 is 9.26. The van der Waals surface area contributed by atoms with Crippen molar-refractivity contribution in [1.29, 1.82) is 5.26 Å². The average molecular weight is 243 g/mol. The van der Waals surface area contributed by atoms with E-state index in [0.717, 1.165) is 12.8 Å². The van der Waals surface area contributed by atoms with E-state index < -0.39 is 17.7 Å². The summed E-state index contributed by atoms with van der Waals surface area (Å²) in [5.74, 6) is -1.26. The summed E-state index contributed by atoms with van der Waals surface area (Å²) in [5, 5.41) is 15.6. The topological polar surface area (TPSA) is 96.6 Å². The molecule has 6 heteroatoms. The Morgan fingerprint density at radius 2 is 1.65 bits per heavy atom. The lowest BCUT2D eigenvalue weighted by Gasteiger charge is -2.02. The van der Waals surface area contributed by atoms with Gasteiger partial charge in [-0.3, -0.25) is 0 Å². The molecule has 0 unspecified atom stereocenters. The molecule has 0 heterocycles. The van der Waals surface area contributed by atoms with E-state index in [2.05, 4.69) is 16.1 Å². The van der Waals surface area contributed by atoms with Crippen LogP contribution in [0.5, 0.6) is 0 Å². The van der Waals surface area contributed by atoms with Crippen LogP contribution >= 0.6 is 0 Å². The average Bonchev–Trinajstić information content (AvgIpc) is 2.33. The van der Waals surface area contributed by atoms with Crippen LogP contribution in [0.25, 0.3) is 0 Å². The number of hydrogen-bond donors (Lipinski definition) is 1. The molecule has 0 saturated heterocycles. The van der Waals surface area contributed by atoms with E-state index in [-0.39, 0.29) is 0 Å². The Hall–Kier alpha value is -2.03. The maximum atomic E-state index is 10.5. The van der Waals surface area contributed by atoms with E-state index >= 15 is 0 Å². The van der Waals surface area contributed by atoms with Crippen LogP contribution in [0.15, 0.2) is 12.2 Å². The first-order valence-electron chi connectivity index (χ1n) is 5.11. The number of rotatable bonds is 5. The van der Waals surface area contributed by atoms with Crippen molar-refractivity contribution >= 4 is 12.1 Å². The van der Waals surface area contributed by atoms with Gasteiger partial charge in [0.15, 0.2) is 0 Å². The standard InChI is InChI=1S/C7H14O3.C4H3NO2/c1-3-5-9-7(8)10-6-4-2;1-3(2-5)4(6)7/h3-6H2,1-2H3;1H2,(H,6,7). The second-order valence-electron chi connectivity index (χ2n) is 2.84. The van der Waals surface area contributed by atoms with Crippen molar-refractivity contribution in [2.75, 3.05) is 13.2 Å². The van der Waals surface area contributed by atoms with Crippen molar-refractivity contribution in [1.82, 2.24) is 0 Å². The van der Waals surface area contributed by atoms with Crippen molar-refractivity contribution < 1.29 is 24.2 Å². The molecule has 0 bridgehead atoms. The summed E-state index contributed by atoms with van der Waals surface area (Å²) in [7, 11) is 0. The molecule has 0 aromatic heterocycles. The zero-order chi connectivity index (χ0) is 13.7. The monoisotopic (exact) mass is 243 g/mol. The number of carbonyl (C=O) groups excluding carboxylic acids is 1. The van der Waals surface area contributed by atoms with Crippen molar-refractivity contribution in [3.8, 4) is 6.07 Å². The van der Waals surface area contributed by atoms with E-state index in [1.807, 2.05) is 13.8 Å². The third-order valence-corrected chi connectivity index (χ3v) is 1.24. The van der Waals surface area contributed by atoms with Crippen molar-refractivity contribution in [2.24, 2.45) is 0 Å². The highest BCUT2D eigenvalue weighted by atomic mass is 16.7. The number of ether oxygens (including phenoxy) is 2. The van der Waals surface area contributed by atoms with Crippen molar-refractivity contribution in [3.05, 3.63) is 12.2 Å². The lowest BCUT2D eigenvalue weighted by Crippen LogP contribution is -2.08. The van der Waals surface area contributed by atoms with Gasteiger partial charge in [-0.05, 0) is 12.8 Å². The van der Waals surface area contributed by atoms with Crippen molar-refractivity contribution in [2.45, 2.75) is 26.7 Å². The van der Waals surface area contributed by atoms with Crippen LogP contribution < -0.4 is 0 Å². The largest absolute Gasteiger partial charge is 0.508 e. The third-order valence-electron chi connectivity index (χ3n) is 1.24. The fourth-order valence-corrected chi connectivity index (χ4v) is 0.460. The SMILES string of the molecule is C=C(C#N)C(=O)O.CCCOC(=O)OCCC. The van der Waals surface area contributed by atoms with Gasteiger partial charge in [0.05, 0.1) is 13.2 Å². The first-order chi connectivity index (χ1) is 7.99. The molecule has 0 atom stereocenters. The summed E-state index contributed by atoms with van der Waals surface area (Å²) >= 11 is 0. The Bertz CT molecular complexity index is 283. The Morgan fingerprint density at radius 1 is 1.24 bits per heavy atom. The molecule has 0 aliphatic rings. The van der Waals surface area contributed by atoms with Gasteiger partial charge >= 0.3 is 12.1 Å². The molecule has 1 N–H and O–H groups in total. The van der Waals surface area contributed by atoms with Crippen LogP contribution in [-0.4, -0.2) is 30.4 Å². The highest BCUT2D eigenvalue weighted by Crippen LogP contribution is 1.88. The fraction of sp³-hybridized carbons (Fsp3) is 0.545. The number of carbonyl (C=O) groups is 2. The van der Waals surface area contributed by atoms with Crippen LogP contribution in [-0.2, 0) is 14.3 Å². The number of carboxylic acid groups (broad SMARTS) is 1. The van der Waals surface area contributed by atoms with Gasteiger partial charge in [0.2, 0.25) is 0 Å². The summed E-state index contributed by atoms with van der Waals surface area (Å²) in [5.41, 5.74) is -0.431. The highest BCUT2D eigenvalue weighted by Gasteiger charge is 1.99. The van der Waals surface area contributed by atoms with Gasteiger partial charge in [0, 0.05) is 0 Å². The van der Waals surface area contributed by atoms with Gasteiger partial charge in [0.25, 0.3) is 0 Å². The number of nitriles is 1. The Kier molecular flexibility index (Phi) is 12.3. The fourth-order valence-electron chi connectivity index (χ4n) is 0.460. The van der Waals surface area contributed by atoms with Crippen molar-refractivity contribution in [3.63, 3.8) is 0 Å². The molecule has 0 saturated carbocycles. The molecule has 96 valence electrons. The maximum absolute atomic E-state index is 10.5. The number of nitrogens with zero attached hydrogens (tertiary/aromatic N) is 1. The Labute approximate surface area is 100 Å². The van der Waals surface area contributed by atoms with E-state index in [4.69, 9.17) is 10.4 Å². The van der Waals surface area contributed by atoms with Gasteiger partial charge in [-0.15, -0.1) is 0 Å². The Balaban J connectivity index is 0. The molecule has 0 aliphatic carbocycles. The molecule has 0 spiro atoms. The third kappa shape index (κ3) is 14.0. The minimum Gasteiger partial charge on any atom is -0.477 e. The van der Waals surface area contributed by atoms with Crippen LogP contribution in [0.3, 0.4) is 0 Å². The molecule has 0 fully saturated rings. The first kappa shape index (κ1) is 17.4. The van der Waals surface area contributed by atoms with Gasteiger partial charge in [-0.1, -0.05) is 20.4 Å². The zero-order valence-corrected chi connectivity index (χ0v) is 10.1. The highest BCUT2D eigenvalue weighted by molar-refractivity contribution is 5.90. The zero-order valence-electron chi connectivity index (χ0n) is 10.1. The van der Waals surface area contributed by atoms with Crippen LogP contribution in [0.4, 0.5) is 4.79 Å². The summed E-state index contributed by atoms with van der Waals surface area (Å²) in [6.07, 6.45) is 1.12. The van der Waals surface area contributed by atoms with Gasteiger partial charge in [-0.2, -0.15) is 5.26 Å². The first-order valence-corrected chi connectivity index (χ1v) is 5.11. The summed E-state index contributed by atoms with van der Waals surface area (Å²) in [4.78, 5) is 20.1. The molecular formula is C11H17NO5. The lowest BCUT2D eigenvalue weighted by molar-refractivity contribution is -0.132. The number of carboxylic acids is 1. The molecule has 0 aromatic rings. The molecule has 0 rings (SSSR count). The predicted molar refractivity (Wildman–Crippen MR) is 60.3 cm³/mol. The Morgan fingerprint density at radius 3 is 1.82 bits per heavy atom. The number of hydrogen-bond acceptors (Lipinski definition) is 5. The molecule has 0 aliphatic heterocycles. The second-order valence-corrected chi connectivity index (χ2v) is 2.84. The molecule has 6 nitrogen and oxygen atoms in total. The maximum Gasteiger partial charge on any atom is 0.508 e. The smallest absolute Gasteiger partial charge is 0.477 e. The molecule has 0 radical (unpaired) electrons. The normalized spacial score (nSPS) is 8.06. The predicted octanol–water partition coefficient (Wildman–Crippen LogP) is 2.11. The molecule has 0 aromatic carbocycles. The molecule has 17 heavy (non-hydrogen) atoms. The molecule has 0 amide bonds. The quantitative estimate of drug-likeness (QED) is 0.451.